The summed E-state index contributed by atoms with van der Waals surface area (Å²) in [5, 5.41) is 0. The van der Waals surface area contributed by atoms with Crippen molar-refractivity contribution in [3.8, 4) is 0 Å². The highest BCUT2D eigenvalue weighted by Gasteiger charge is 2.76. The van der Waals surface area contributed by atoms with Crippen LogP contribution in [0.5, 0.6) is 0 Å². The third-order valence-electron chi connectivity index (χ3n) is 13.6. The number of carbonyl (C=O) groups excluding carboxylic acids is 3. The van der Waals surface area contributed by atoms with Crippen LogP contribution in [0.1, 0.15) is 124 Å². The van der Waals surface area contributed by atoms with E-state index in [0.29, 0.717) is 36.2 Å². The molecule has 1 aromatic carbocycles. The SMILES string of the molecule is CC(=O)OC(CC(C)C)CC1(C)OC(=O)[C@]23CC=C4[C@@H](CC[C@H]5C(C)(C)[C@@H](OC(=O)c6ccc(Br)cc6)CC[C@]45C)[C@]2(C)CC[C@H]13. The Morgan fingerprint density at radius 1 is 0.978 bits per heavy atom. The summed E-state index contributed by atoms with van der Waals surface area (Å²) in [6, 6.07) is 7.39. The van der Waals surface area contributed by atoms with Gasteiger partial charge in [-0.05, 0) is 111 Å². The molecule has 4 aliphatic carbocycles. The molecule has 0 aromatic heterocycles. The molecule has 0 bridgehead atoms. The predicted molar refractivity (Wildman–Crippen MR) is 181 cm³/mol. The lowest BCUT2D eigenvalue weighted by Gasteiger charge is -2.63. The highest BCUT2D eigenvalue weighted by molar-refractivity contribution is 9.10. The lowest BCUT2D eigenvalue weighted by Crippen LogP contribution is -2.59. The molecular formula is C39H53BrO6. The van der Waals surface area contributed by atoms with E-state index < -0.39 is 11.0 Å². The summed E-state index contributed by atoms with van der Waals surface area (Å²) in [7, 11) is 0. The summed E-state index contributed by atoms with van der Waals surface area (Å²) < 4.78 is 19.5. The van der Waals surface area contributed by atoms with Gasteiger partial charge in [0, 0.05) is 29.2 Å². The first-order valence-electron chi connectivity index (χ1n) is 17.6. The molecule has 2 unspecified atom stereocenters. The fourth-order valence-electron chi connectivity index (χ4n) is 11.6. The largest absolute Gasteiger partial charge is 0.462 e. The van der Waals surface area contributed by atoms with E-state index in [-0.39, 0.29) is 52.3 Å². The molecule has 0 amide bonds. The molecule has 9 atom stereocenters. The minimum absolute atomic E-state index is 0.0147. The van der Waals surface area contributed by atoms with Gasteiger partial charge in [-0.15, -0.1) is 0 Å². The Morgan fingerprint density at radius 2 is 1.67 bits per heavy atom. The van der Waals surface area contributed by atoms with Crippen molar-refractivity contribution < 1.29 is 28.6 Å². The second-order valence-electron chi connectivity index (χ2n) is 17.0. The molecule has 3 saturated carbocycles. The van der Waals surface area contributed by atoms with Gasteiger partial charge in [-0.1, -0.05) is 69.1 Å². The van der Waals surface area contributed by atoms with Gasteiger partial charge in [-0.2, -0.15) is 0 Å². The standard InChI is InChI=1S/C39H53BrO6/c1-23(2)21-27(44-24(3)41)22-38(8)31-16-19-37(7)29-13-14-30-35(4,5)32(45-33(42)25-9-11-26(40)12-10-25)17-18-36(30,6)28(29)15-20-39(31,37)34(43)46-38/h9-12,15,23,27,29-32H,13-14,16-22H2,1-8H3/t27?,29-,30+,31-,32+,36-,37+,38?,39-/m1/s1. The number of ether oxygens (including phenoxy) is 3. The number of benzene rings is 1. The highest BCUT2D eigenvalue weighted by Crippen LogP contribution is 2.76. The van der Waals surface area contributed by atoms with Gasteiger partial charge < -0.3 is 14.2 Å². The average molecular weight is 698 g/mol. The molecule has 4 fully saturated rings. The van der Waals surface area contributed by atoms with E-state index >= 15 is 0 Å². The fraction of sp³-hybridized carbons (Fsp3) is 0.718. The molecule has 1 spiro atoms. The maximum absolute atomic E-state index is 14.3. The molecule has 0 N–H and O–H groups in total. The van der Waals surface area contributed by atoms with Gasteiger partial charge in [0.25, 0.3) is 0 Å². The monoisotopic (exact) mass is 696 g/mol. The van der Waals surface area contributed by atoms with Crippen LogP contribution in [0.3, 0.4) is 0 Å². The van der Waals surface area contributed by atoms with Crippen LogP contribution in [-0.4, -0.2) is 35.7 Å². The Kier molecular flexibility index (Phi) is 8.42. The van der Waals surface area contributed by atoms with Gasteiger partial charge in [0.15, 0.2) is 0 Å². The van der Waals surface area contributed by atoms with Crippen LogP contribution < -0.4 is 0 Å². The van der Waals surface area contributed by atoms with Gasteiger partial charge in [-0.3, -0.25) is 9.59 Å². The average Bonchev–Trinajstić information content (AvgIpc) is 3.39. The van der Waals surface area contributed by atoms with Gasteiger partial charge >= 0.3 is 17.9 Å². The minimum atomic E-state index is -0.658. The summed E-state index contributed by atoms with van der Waals surface area (Å²) in [6.07, 6.45) is 9.87. The van der Waals surface area contributed by atoms with Crippen molar-refractivity contribution in [2.45, 2.75) is 131 Å². The Balaban J connectivity index is 1.27. The summed E-state index contributed by atoms with van der Waals surface area (Å²) >= 11 is 3.45. The lowest BCUT2D eigenvalue weighted by atomic mass is 9.41. The first kappa shape index (κ1) is 33.7. The second-order valence-corrected chi connectivity index (χ2v) is 17.9. The van der Waals surface area contributed by atoms with Gasteiger partial charge in [0.1, 0.15) is 17.8 Å². The summed E-state index contributed by atoms with van der Waals surface area (Å²) in [5.41, 5.74) is 0.513. The van der Waals surface area contributed by atoms with Crippen LogP contribution in [0.4, 0.5) is 0 Å². The van der Waals surface area contributed by atoms with Crippen molar-refractivity contribution in [2.75, 3.05) is 0 Å². The number of halogens is 1. The summed E-state index contributed by atoms with van der Waals surface area (Å²) in [6.45, 7) is 17.3. The third-order valence-corrected chi connectivity index (χ3v) is 14.2. The first-order valence-corrected chi connectivity index (χ1v) is 18.3. The van der Waals surface area contributed by atoms with E-state index in [0.717, 1.165) is 49.4 Å². The quantitative estimate of drug-likeness (QED) is 0.161. The minimum Gasteiger partial charge on any atom is -0.462 e. The van der Waals surface area contributed by atoms with E-state index in [1.165, 1.54) is 12.5 Å². The zero-order valence-corrected chi connectivity index (χ0v) is 30.6. The zero-order chi connectivity index (χ0) is 33.4. The summed E-state index contributed by atoms with van der Waals surface area (Å²) in [4.78, 5) is 39.5. The first-order chi connectivity index (χ1) is 21.5. The number of rotatable bonds is 7. The number of fused-ring (bicyclic) bond motifs is 4. The molecule has 1 aliphatic heterocycles. The number of carbonyl (C=O) groups is 3. The molecule has 46 heavy (non-hydrogen) atoms. The Labute approximate surface area is 283 Å². The Bertz CT molecular complexity index is 1430. The molecule has 1 heterocycles. The van der Waals surface area contributed by atoms with Crippen molar-refractivity contribution >= 4 is 33.8 Å². The number of cyclic esters (lactones) is 1. The molecule has 1 aromatic rings. The number of esters is 3. The number of allylic oxidation sites excluding steroid dienone is 2. The third kappa shape index (κ3) is 5.03. The molecule has 252 valence electrons. The molecule has 7 heteroatoms. The maximum Gasteiger partial charge on any atom is 0.338 e. The molecule has 6 nitrogen and oxygen atoms in total. The smallest absolute Gasteiger partial charge is 0.338 e. The topological polar surface area (TPSA) is 78.9 Å². The second kappa shape index (κ2) is 11.5. The lowest BCUT2D eigenvalue weighted by molar-refractivity contribution is -0.165. The zero-order valence-electron chi connectivity index (χ0n) is 29.0. The van der Waals surface area contributed by atoms with Crippen molar-refractivity contribution in [3.63, 3.8) is 0 Å². The van der Waals surface area contributed by atoms with E-state index in [1.807, 2.05) is 24.3 Å². The van der Waals surface area contributed by atoms with Crippen LogP contribution in [0.15, 0.2) is 40.4 Å². The molecular weight excluding hydrogens is 644 g/mol. The highest BCUT2D eigenvalue weighted by atomic mass is 79.9. The van der Waals surface area contributed by atoms with Crippen LogP contribution >= 0.6 is 15.9 Å². The van der Waals surface area contributed by atoms with E-state index in [4.69, 9.17) is 14.2 Å². The van der Waals surface area contributed by atoms with E-state index in [9.17, 15) is 14.4 Å². The Hall–Kier alpha value is -2.15. The van der Waals surface area contributed by atoms with Crippen LogP contribution in [0.25, 0.3) is 0 Å². The molecule has 1 saturated heterocycles. The molecule has 6 rings (SSSR count). The van der Waals surface area contributed by atoms with E-state index in [2.05, 4.69) is 70.5 Å². The number of hydrogen-bond acceptors (Lipinski definition) is 6. The van der Waals surface area contributed by atoms with Gasteiger partial charge in [-0.25, -0.2) is 4.79 Å². The predicted octanol–water partition coefficient (Wildman–Crippen LogP) is 9.24. The fourth-order valence-corrected chi connectivity index (χ4v) is 11.9. The normalized spacial score (nSPS) is 39.7. The van der Waals surface area contributed by atoms with Crippen LogP contribution in [-0.2, 0) is 23.8 Å². The molecule has 5 aliphatic rings. The molecule has 0 radical (unpaired) electrons. The van der Waals surface area contributed by atoms with Gasteiger partial charge in [0.2, 0.25) is 0 Å². The van der Waals surface area contributed by atoms with Crippen molar-refractivity contribution in [1.29, 1.82) is 0 Å². The number of hydrogen-bond donors (Lipinski definition) is 0. The van der Waals surface area contributed by atoms with Crippen molar-refractivity contribution in [2.24, 2.45) is 45.3 Å². The summed E-state index contributed by atoms with van der Waals surface area (Å²) in [5.74, 6) is 0.579. The maximum atomic E-state index is 14.3. The van der Waals surface area contributed by atoms with Crippen molar-refractivity contribution in [1.82, 2.24) is 0 Å². The van der Waals surface area contributed by atoms with Crippen molar-refractivity contribution in [3.05, 3.63) is 46.0 Å². The van der Waals surface area contributed by atoms with Crippen LogP contribution in [0.2, 0.25) is 0 Å². The Morgan fingerprint density at radius 3 is 2.33 bits per heavy atom. The van der Waals surface area contributed by atoms with Gasteiger partial charge in [0.05, 0.1) is 11.0 Å². The van der Waals surface area contributed by atoms with Crippen LogP contribution in [0, 0.1) is 45.3 Å². The van der Waals surface area contributed by atoms with E-state index in [1.54, 1.807) is 0 Å².